The number of amides is 3. The number of rotatable bonds is 7. The van der Waals surface area contributed by atoms with Crippen LogP contribution in [0.1, 0.15) is 53.8 Å². The third-order valence-corrected chi connectivity index (χ3v) is 6.42. The molecular weight excluding hydrogens is 445 g/mol. The Labute approximate surface area is 198 Å². The van der Waals surface area contributed by atoms with Gasteiger partial charge in [-0.2, -0.15) is 0 Å². The molecule has 176 valence electrons. The van der Waals surface area contributed by atoms with Gasteiger partial charge in [-0.3, -0.25) is 14.4 Å². The maximum atomic E-state index is 14.0. The first-order chi connectivity index (χ1) is 15.8. The van der Waals surface area contributed by atoms with Crippen LogP contribution in [-0.2, 0) is 4.79 Å². The standard InChI is InChI=1S/C25H29ClFN3O3/c1-3-16(2)28-24(32)22(29-23(31)18-8-4-6-10-20(18)26)17-12-14-30(15-13-17)25(33)19-9-5-7-11-21(19)27/h4-11,16-17,22H,3,12-15H2,1-2H3,(H,28,32)(H,29,31)/t16-,22+/m0/s1. The summed E-state index contributed by atoms with van der Waals surface area (Å²) in [6, 6.07) is 11.8. The molecule has 0 bridgehead atoms. The minimum atomic E-state index is -0.770. The van der Waals surface area contributed by atoms with Crippen molar-refractivity contribution in [2.75, 3.05) is 13.1 Å². The first-order valence-corrected chi connectivity index (χ1v) is 11.6. The molecule has 0 aromatic heterocycles. The highest BCUT2D eigenvalue weighted by molar-refractivity contribution is 6.33. The zero-order chi connectivity index (χ0) is 24.0. The largest absolute Gasteiger partial charge is 0.352 e. The Kier molecular flexibility index (Phi) is 8.44. The van der Waals surface area contributed by atoms with Crippen LogP contribution in [0.3, 0.4) is 0 Å². The number of halogens is 2. The second-order valence-corrected chi connectivity index (χ2v) is 8.77. The van der Waals surface area contributed by atoms with Crippen molar-refractivity contribution in [3.8, 4) is 0 Å². The van der Waals surface area contributed by atoms with Crippen molar-refractivity contribution in [3.05, 3.63) is 70.5 Å². The molecule has 0 spiro atoms. The Hall–Kier alpha value is -2.93. The third kappa shape index (κ3) is 6.11. The summed E-state index contributed by atoms with van der Waals surface area (Å²) >= 11 is 6.16. The summed E-state index contributed by atoms with van der Waals surface area (Å²) < 4.78 is 14.0. The van der Waals surface area contributed by atoms with E-state index in [0.717, 1.165) is 6.42 Å². The monoisotopic (exact) mass is 473 g/mol. The van der Waals surface area contributed by atoms with E-state index in [1.165, 1.54) is 12.1 Å². The predicted octanol–water partition coefficient (Wildman–Crippen LogP) is 4.04. The minimum absolute atomic E-state index is 0.0361. The second-order valence-electron chi connectivity index (χ2n) is 8.36. The van der Waals surface area contributed by atoms with Gasteiger partial charge in [-0.25, -0.2) is 4.39 Å². The number of hydrogen-bond donors (Lipinski definition) is 2. The van der Waals surface area contributed by atoms with Crippen molar-refractivity contribution in [2.45, 2.75) is 45.2 Å². The number of piperidine rings is 1. The lowest BCUT2D eigenvalue weighted by molar-refractivity contribution is -0.125. The Morgan fingerprint density at radius 2 is 1.64 bits per heavy atom. The van der Waals surface area contributed by atoms with Crippen LogP contribution in [0.25, 0.3) is 0 Å². The van der Waals surface area contributed by atoms with E-state index in [1.807, 2.05) is 13.8 Å². The molecule has 0 unspecified atom stereocenters. The van der Waals surface area contributed by atoms with Gasteiger partial charge in [0, 0.05) is 19.1 Å². The van der Waals surface area contributed by atoms with E-state index in [4.69, 9.17) is 11.6 Å². The molecule has 6 nitrogen and oxygen atoms in total. The molecule has 0 aliphatic carbocycles. The highest BCUT2D eigenvalue weighted by atomic mass is 35.5. The van der Waals surface area contributed by atoms with E-state index < -0.39 is 17.8 Å². The number of carbonyl (C=O) groups is 3. The average Bonchev–Trinajstić information content (AvgIpc) is 2.82. The summed E-state index contributed by atoms with van der Waals surface area (Å²) in [7, 11) is 0. The molecule has 3 rings (SSSR count). The summed E-state index contributed by atoms with van der Waals surface area (Å²) in [5, 5.41) is 6.11. The van der Waals surface area contributed by atoms with Gasteiger partial charge in [0.2, 0.25) is 5.91 Å². The van der Waals surface area contributed by atoms with Crippen LogP contribution in [0.15, 0.2) is 48.5 Å². The van der Waals surface area contributed by atoms with Gasteiger partial charge in [0.15, 0.2) is 0 Å². The minimum Gasteiger partial charge on any atom is -0.352 e. The van der Waals surface area contributed by atoms with Crippen LogP contribution in [0.4, 0.5) is 4.39 Å². The van der Waals surface area contributed by atoms with Gasteiger partial charge in [0.05, 0.1) is 16.1 Å². The summed E-state index contributed by atoms with van der Waals surface area (Å²) in [6.07, 6.45) is 1.76. The van der Waals surface area contributed by atoms with Gasteiger partial charge in [-0.1, -0.05) is 42.8 Å². The number of nitrogens with one attached hydrogen (secondary N) is 2. The Bertz CT molecular complexity index is 1010. The summed E-state index contributed by atoms with van der Waals surface area (Å²) in [4.78, 5) is 40.3. The van der Waals surface area contributed by atoms with Gasteiger partial charge >= 0.3 is 0 Å². The molecule has 1 aliphatic rings. The molecule has 0 radical (unpaired) electrons. The molecule has 8 heteroatoms. The van der Waals surface area contributed by atoms with Crippen molar-refractivity contribution in [1.82, 2.24) is 15.5 Å². The van der Waals surface area contributed by atoms with E-state index in [1.54, 1.807) is 41.3 Å². The molecule has 1 saturated heterocycles. The first kappa shape index (κ1) is 24.7. The third-order valence-electron chi connectivity index (χ3n) is 6.09. The highest BCUT2D eigenvalue weighted by Gasteiger charge is 2.35. The molecule has 2 aromatic carbocycles. The van der Waals surface area contributed by atoms with E-state index in [0.29, 0.717) is 36.5 Å². The van der Waals surface area contributed by atoms with E-state index in [2.05, 4.69) is 10.6 Å². The second kappa shape index (κ2) is 11.3. The van der Waals surface area contributed by atoms with Crippen LogP contribution in [0.5, 0.6) is 0 Å². The quantitative estimate of drug-likeness (QED) is 0.637. The van der Waals surface area contributed by atoms with Gasteiger partial charge in [0.1, 0.15) is 11.9 Å². The lowest BCUT2D eigenvalue weighted by Gasteiger charge is -2.36. The molecule has 2 atom stereocenters. The van der Waals surface area contributed by atoms with E-state index >= 15 is 0 Å². The molecule has 2 N–H and O–H groups in total. The summed E-state index contributed by atoms with van der Waals surface area (Å²) in [5.41, 5.74) is 0.335. The van der Waals surface area contributed by atoms with Crippen LogP contribution in [0, 0.1) is 11.7 Å². The first-order valence-electron chi connectivity index (χ1n) is 11.2. The van der Waals surface area contributed by atoms with Crippen molar-refractivity contribution in [1.29, 1.82) is 0 Å². The van der Waals surface area contributed by atoms with Crippen molar-refractivity contribution >= 4 is 29.3 Å². The van der Waals surface area contributed by atoms with Gasteiger partial charge in [-0.05, 0) is 56.4 Å². The van der Waals surface area contributed by atoms with Gasteiger partial charge in [0.25, 0.3) is 11.8 Å². The number of benzene rings is 2. The molecule has 1 heterocycles. The van der Waals surface area contributed by atoms with Gasteiger partial charge < -0.3 is 15.5 Å². The van der Waals surface area contributed by atoms with Crippen molar-refractivity contribution < 1.29 is 18.8 Å². The SMILES string of the molecule is CC[C@H](C)NC(=O)[C@H](NC(=O)c1ccccc1Cl)C1CCN(C(=O)c2ccccc2F)CC1. The Morgan fingerprint density at radius 3 is 2.24 bits per heavy atom. The van der Waals surface area contributed by atoms with Crippen molar-refractivity contribution in [2.24, 2.45) is 5.92 Å². The number of carbonyl (C=O) groups excluding carboxylic acids is 3. The van der Waals surface area contributed by atoms with Crippen molar-refractivity contribution in [3.63, 3.8) is 0 Å². The fourth-order valence-electron chi connectivity index (χ4n) is 3.94. The fraction of sp³-hybridized carbons (Fsp3) is 0.400. The molecule has 0 saturated carbocycles. The zero-order valence-corrected chi connectivity index (χ0v) is 19.6. The molecule has 2 aromatic rings. The highest BCUT2D eigenvalue weighted by Crippen LogP contribution is 2.24. The molecule has 1 aliphatic heterocycles. The summed E-state index contributed by atoms with van der Waals surface area (Å²) in [5.74, 6) is -1.78. The summed E-state index contributed by atoms with van der Waals surface area (Å²) in [6.45, 7) is 4.61. The van der Waals surface area contributed by atoms with Crippen LogP contribution < -0.4 is 10.6 Å². The predicted molar refractivity (Wildman–Crippen MR) is 126 cm³/mol. The smallest absolute Gasteiger partial charge is 0.256 e. The zero-order valence-electron chi connectivity index (χ0n) is 18.8. The molecular formula is C25H29ClFN3O3. The number of hydrogen-bond acceptors (Lipinski definition) is 3. The Morgan fingerprint density at radius 1 is 1.03 bits per heavy atom. The molecule has 1 fully saturated rings. The average molecular weight is 474 g/mol. The van der Waals surface area contributed by atoms with E-state index in [9.17, 15) is 18.8 Å². The number of likely N-dealkylation sites (tertiary alicyclic amines) is 1. The fourth-order valence-corrected chi connectivity index (χ4v) is 4.16. The van der Waals surface area contributed by atoms with Gasteiger partial charge in [-0.15, -0.1) is 0 Å². The lowest BCUT2D eigenvalue weighted by atomic mass is 9.88. The number of nitrogens with zero attached hydrogens (tertiary/aromatic N) is 1. The van der Waals surface area contributed by atoms with Crippen LogP contribution >= 0.6 is 11.6 Å². The molecule has 33 heavy (non-hydrogen) atoms. The maximum absolute atomic E-state index is 14.0. The topological polar surface area (TPSA) is 78.5 Å². The Balaban J connectivity index is 1.72. The normalized spacial score (nSPS) is 16.1. The molecule has 3 amide bonds. The lowest BCUT2D eigenvalue weighted by Crippen LogP contribution is -2.55. The van der Waals surface area contributed by atoms with Crippen LogP contribution in [-0.4, -0.2) is 47.8 Å². The van der Waals surface area contributed by atoms with Crippen LogP contribution in [0.2, 0.25) is 5.02 Å². The van der Waals surface area contributed by atoms with E-state index in [-0.39, 0.29) is 29.3 Å². The maximum Gasteiger partial charge on any atom is 0.256 e.